The van der Waals surface area contributed by atoms with Gasteiger partial charge >= 0.3 is 0 Å². The Bertz CT molecular complexity index is 462. The monoisotopic (exact) mass is 296 g/mol. The fraction of sp³-hybridized carbons (Fsp3) is 0.250. The maximum absolute atomic E-state index is 5.76. The summed E-state index contributed by atoms with van der Waals surface area (Å²) < 4.78 is 1.09. The lowest BCUT2D eigenvalue weighted by Crippen LogP contribution is -2.16. The van der Waals surface area contributed by atoms with E-state index in [9.17, 15) is 0 Å². The molecule has 1 aromatic carbocycles. The molecule has 2 nitrogen and oxygen atoms in total. The van der Waals surface area contributed by atoms with Gasteiger partial charge in [-0.3, -0.25) is 0 Å². The number of hydrogen-bond donors (Lipinski definition) is 1. The Morgan fingerprint density at radius 3 is 2.69 bits per heavy atom. The van der Waals surface area contributed by atoms with Gasteiger partial charge in [-0.05, 0) is 25.5 Å². The molecule has 2 aromatic rings. The zero-order valence-electron chi connectivity index (χ0n) is 8.98. The third-order valence-electron chi connectivity index (χ3n) is 2.17. The number of rotatable bonds is 3. The van der Waals surface area contributed by atoms with Crippen molar-refractivity contribution in [3.63, 3.8) is 0 Å². The number of hydrogen-bond acceptors (Lipinski definition) is 3. The van der Waals surface area contributed by atoms with E-state index in [1.807, 2.05) is 25.3 Å². The summed E-state index contributed by atoms with van der Waals surface area (Å²) in [6.45, 7) is 2.01. The summed E-state index contributed by atoms with van der Waals surface area (Å²) in [5, 5.41) is 1.06. The van der Waals surface area contributed by atoms with Crippen LogP contribution in [0.3, 0.4) is 0 Å². The fourth-order valence-corrected chi connectivity index (χ4v) is 2.77. The van der Waals surface area contributed by atoms with Crippen LogP contribution in [0.1, 0.15) is 11.8 Å². The first-order chi connectivity index (χ1) is 7.65. The average molecular weight is 297 g/mol. The molecule has 0 radical (unpaired) electrons. The van der Waals surface area contributed by atoms with Crippen molar-refractivity contribution in [1.29, 1.82) is 0 Å². The van der Waals surface area contributed by atoms with Gasteiger partial charge in [0.2, 0.25) is 0 Å². The van der Waals surface area contributed by atoms with Crippen LogP contribution in [-0.4, -0.2) is 11.0 Å². The van der Waals surface area contributed by atoms with Crippen molar-refractivity contribution in [2.24, 2.45) is 5.73 Å². The first-order valence-electron chi connectivity index (χ1n) is 5.11. The van der Waals surface area contributed by atoms with E-state index in [4.69, 9.17) is 5.73 Å². The Hall–Kier alpha value is -0.710. The smallest absolute Gasteiger partial charge is 0.123 e. The first kappa shape index (κ1) is 11.8. The standard InChI is InChI=1S/C12H13BrN2S/c1-8(14)6-11-7-15-12(16-11)9-2-4-10(13)5-3-9/h2-5,7-8H,6,14H2,1H3. The van der Waals surface area contributed by atoms with Crippen molar-refractivity contribution in [3.8, 4) is 10.6 Å². The van der Waals surface area contributed by atoms with Gasteiger partial charge < -0.3 is 5.73 Å². The van der Waals surface area contributed by atoms with Crippen molar-refractivity contribution in [3.05, 3.63) is 39.8 Å². The SMILES string of the molecule is CC(N)Cc1cnc(-c2ccc(Br)cc2)s1. The number of benzene rings is 1. The highest BCUT2D eigenvalue weighted by Gasteiger charge is 2.06. The van der Waals surface area contributed by atoms with Crippen LogP contribution in [0.4, 0.5) is 0 Å². The van der Waals surface area contributed by atoms with Crippen LogP contribution in [-0.2, 0) is 6.42 Å². The summed E-state index contributed by atoms with van der Waals surface area (Å²) in [7, 11) is 0. The molecule has 0 bridgehead atoms. The van der Waals surface area contributed by atoms with Gasteiger partial charge in [-0.2, -0.15) is 0 Å². The van der Waals surface area contributed by atoms with E-state index in [-0.39, 0.29) is 6.04 Å². The molecule has 1 aromatic heterocycles. The van der Waals surface area contributed by atoms with Crippen molar-refractivity contribution >= 4 is 27.3 Å². The summed E-state index contributed by atoms with van der Waals surface area (Å²) in [6, 6.07) is 8.39. The van der Waals surface area contributed by atoms with Crippen molar-refractivity contribution in [2.45, 2.75) is 19.4 Å². The van der Waals surface area contributed by atoms with Gasteiger partial charge in [-0.1, -0.05) is 28.1 Å². The molecule has 0 saturated heterocycles. The Morgan fingerprint density at radius 2 is 2.06 bits per heavy atom. The van der Waals surface area contributed by atoms with Gasteiger partial charge in [0.25, 0.3) is 0 Å². The van der Waals surface area contributed by atoms with Crippen LogP contribution in [0.15, 0.2) is 34.9 Å². The summed E-state index contributed by atoms with van der Waals surface area (Å²) in [5.74, 6) is 0. The second kappa shape index (κ2) is 5.08. The van der Waals surface area contributed by atoms with Crippen LogP contribution in [0.25, 0.3) is 10.6 Å². The highest BCUT2D eigenvalue weighted by molar-refractivity contribution is 9.10. The van der Waals surface area contributed by atoms with E-state index in [0.717, 1.165) is 21.5 Å². The number of aromatic nitrogens is 1. The van der Waals surface area contributed by atoms with E-state index in [1.165, 1.54) is 4.88 Å². The largest absolute Gasteiger partial charge is 0.328 e. The van der Waals surface area contributed by atoms with Gasteiger partial charge in [0.1, 0.15) is 5.01 Å². The van der Waals surface area contributed by atoms with Crippen LogP contribution < -0.4 is 5.73 Å². The minimum Gasteiger partial charge on any atom is -0.328 e. The maximum Gasteiger partial charge on any atom is 0.123 e. The minimum absolute atomic E-state index is 0.193. The van der Waals surface area contributed by atoms with Gasteiger partial charge in [0.15, 0.2) is 0 Å². The van der Waals surface area contributed by atoms with Crippen LogP contribution >= 0.6 is 27.3 Å². The quantitative estimate of drug-likeness (QED) is 0.942. The highest BCUT2D eigenvalue weighted by atomic mass is 79.9. The number of nitrogens with zero attached hydrogens (tertiary/aromatic N) is 1. The molecule has 2 N–H and O–H groups in total. The molecule has 2 rings (SSSR count). The Balaban J connectivity index is 2.21. The molecule has 84 valence electrons. The fourth-order valence-electron chi connectivity index (χ4n) is 1.45. The molecule has 0 aliphatic rings. The first-order valence-corrected chi connectivity index (χ1v) is 6.72. The zero-order valence-corrected chi connectivity index (χ0v) is 11.4. The molecule has 0 aliphatic heterocycles. The van der Waals surface area contributed by atoms with E-state index in [0.29, 0.717) is 0 Å². The molecule has 0 aliphatic carbocycles. The van der Waals surface area contributed by atoms with Gasteiger partial charge in [-0.15, -0.1) is 11.3 Å². The van der Waals surface area contributed by atoms with E-state index < -0.39 is 0 Å². The van der Waals surface area contributed by atoms with E-state index in [2.05, 4.69) is 33.0 Å². The van der Waals surface area contributed by atoms with Crippen molar-refractivity contribution < 1.29 is 0 Å². The Morgan fingerprint density at radius 1 is 1.38 bits per heavy atom. The minimum atomic E-state index is 0.193. The van der Waals surface area contributed by atoms with E-state index >= 15 is 0 Å². The lowest BCUT2D eigenvalue weighted by atomic mass is 10.2. The lowest BCUT2D eigenvalue weighted by molar-refractivity contribution is 0.745. The molecule has 0 spiro atoms. The summed E-state index contributed by atoms with van der Waals surface area (Å²) in [5.41, 5.74) is 6.92. The van der Waals surface area contributed by atoms with Crippen LogP contribution in [0.2, 0.25) is 0 Å². The molecule has 1 unspecified atom stereocenters. The Labute approximate surface area is 108 Å². The predicted molar refractivity (Wildman–Crippen MR) is 72.6 cm³/mol. The number of thiazole rings is 1. The highest BCUT2D eigenvalue weighted by Crippen LogP contribution is 2.26. The average Bonchev–Trinajstić information content (AvgIpc) is 2.66. The maximum atomic E-state index is 5.76. The molecule has 1 atom stereocenters. The van der Waals surface area contributed by atoms with E-state index in [1.54, 1.807) is 11.3 Å². The molecular formula is C12H13BrN2S. The molecule has 0 saturated carbocycles. The van der Waals surface area contributed by atoms with Crippen LogP contribution in [0.5, 0.6) is 0 Å². The molecule has 0 fully saturated rings. The third kappa shape index (κ3) is 2.90. The summed E-state index contributed by atoms with van der Waals surface area (Å²) in [4.78, 5) is 5.66. The van der Waals surface area contributed by atoms with Gasteiger partial charge in [0.05, 0.1) is 0 Å². The lowest BCUT2D eigenvalue weighted by Gasteiger charge is -1.99. The Kier molecular flexibility index (Phi) is 3.74. The zero-order chi connectivity index (χ0) is 11.5. The second-order valence-electron chi connectivity index (χ2n) is 3.82. The number of nitrogens with two attached hydrogens (primary N) is 1. The normalized spacial score (nSPS) is 12.7. The topological polar surface area (TPSA) is 38.9 Å². The molecule has 0 amide bonds. The third-order valence-corrected chi connectivity index (χ3v) is 3.77. The summed E-state index contributed by atoms with van der Waals surface area (Å²) >= 11 is 5.14. The van der Waals surface area contributed by atoms with Gasteiger partial charge in [0, 0.05) is 27.2 Å². The summed E-state index contributed by atoms with van der Waals surface area (Å²) in [6.07, 6.45) is 2.82. The molecule has 16 heavy (non-hydrogen) atoms. The van der Waals surface area contributed by atoms with Crippen molar-refractivity contribution in [1.82, 2.24) is 4.98 Å². The predicted octanol–water partition coefficient (Wildman–Crippen LogP) is 3.46. The van der Waals surface area contributed by atoms with Crippen molar-refractivity contribution in [2.75, 3.05) is 0 Å². The molecule has 1 heterocycles. The molecular weight excluding hydrogens is 284 g/mol. The number of halogens is 1. The van der Waals surface area contributed by atoms with Crippen LogP contribution in [0, 0.1) is 0 Å². The molecule has 4 heteroatoms. The second-order valence-corrected chi connectivity index (χ2v) is 5.85. The van der Waals surface area contributed by atoms with Gasteiger partial charge in [-0.25, -0.2) is 4.98 Å².